The first-order valence-electron chi connectivity index (χ1n) is 7.72. The zero-order valence-electron chi connectivity index (χ0n) is 12.8. The molecule has 0 atom stereocenters. The summed E-state index contributed by atoms with van der Waals surface area (Å²) in [6, 6.07) is 21.0. The summed E-state index contributed by atoms with van der Waals surface area (Å²) in [7, 11) is 2.12. The van der Waals surface area contributed by atoms with Gasteiger partial charge in [-0.15, -0.1) is 0 Å². The van der Waals surface area contributed by atoms with Crippen molar-refractivity contribution in [2.24, 2.45) is 7.05 Å². The fourth-order valence-corrected chi connectivity index (χ4v) is 3.38. The molecule has 5 rings (SSSR count). The fraction of sp³-hybridized carbons (Fsp3) is 0.0500. The van der Waals surface area contributed by atoms with E-state index in [2.05, 4.69) is 70.9 Å². The highest BCUT2D eigenvalue weighted by Crippen LogP contribution is 2.29. The first-order chi connectivity index (χ1) is 11.3. The maximum absolute atomic E-state index is 4.80. The van der Waals surface area contributed by atoms with E-state index in [1.807, 2.05) is 18.2 Å². The van der Waals surface area contributed by atoms with Crippen molar-refractivity contribution < 1.29 is 0 Å². The van der Waals surface area contributed by atoms with Gasteiger partial charge >= 0.3 is 0 Å². The number of nitrogens with zero attached hydrogens (tertiary/aromatic N) is 3. The molecule has 0 radical (unpaired) electrons. The van der Waals surface area contributed by atoms with Crippen molar-refractivity contribution in [2.75, 3.05) is 0 Å². The van der Waals surface area contributed by atoms with Gasteiger partial charge in [0, 0.05) is 41.3 Å². The Morgan fingerprint density at radius 3 is 2.43 bits per heavy atom. The van der Waals surface area contributed by atoms with Crippen LogP contribution < -0.4 is 0 Å². The van der Waals surface area contributed by atoms with Crippen LogP contribution in [0.4, 0.5) is 0 Å². The number of aromatic nitrogens is 3. The summed E-state index contributed by atoms with van der Waals surface area (Å²) >= 11 is 0. The van der Waals surface area contributed by atoms with Crippen LogP contribution in [0.5, 0.6) is 0 Å². The molecule has 0 saturated heterocycles. The number of fused-ring (bicyclic) bond motifs is 4. The molecule has 3 heteroatoms. The lowest BCUT2D eigenvalue weighted by atomic mass is 10.2. The van der Waals surface area contributed by atoms with Crippen molar-refractivity contribution in [3.05, 3.63) is 73.1 Å². The Balaban J connectivity index is 1.84. The second kappa shape index (κ2) is 4.46. The molecule has 0 saturated carbocycles. The van der Waals surface area contributed by atoms with Crippen molar-refractivity contribution >= 4 is 27.5 Å². The predicted octanol–water partition coefficient (Wildman–Crippen LogP) is 4.65. The normalized spacial score (nSPS) is 11.7. The lowest BCUT2D eigenvalue weighted by Gasteiger charge is -1.98. The number of para-hydroxylation sites is 1. The van der Waals surface area contributed by atoms with Crippen LogP contribution in [0.2, 0.25) is 0 Å². The first kappa shape index (κ1) is 12.5. The van der Waals surface area contributed by atoms with E-state index in [0.29, 0.717) is 0 Å². The average molecular weight is 297 g/mol. The largest absolute Gasteiger partial charge is 0.342 e. The fourth-order valence-electron chi connectivity index (χ4n) is 3.38. The molecule has 0 aliphatic carbocycles. The molecule has 3 nitrogen and oxygen atoms in total. The number of benzene rings is 2. The summed E-state index contributed by atoms with van der Waals surface area (Å²) in [5.41, 5.74) is 5.60. The SMILES string of the molecule is Cn1c2ccccc2c2cc3nc(-c4ccccc4)cn3cc21. The van der Waals surface area contributed by atoms with Crippen LogP contribution in [0.25, 0.3) is 38.7 Å². The number of imidazole rings is 1. The van der Waals surface area contributed by atoms with Crippen LogP contribution in [0, 0.1) is 0 Å². The van der Waals surface area contributed by atoms with Gasteiger partial charge in [-0.05, 0) is 12.1 Å². The third-order valence-corrected chi connectivity index (χ3v) is 4.56. The molecule has 0 aliphatic heterocycles. The Hall–Kier alpha value is -3.07. The second-order valence-corrected chi connectivity index (χ2v) is 5.91. The maximum atomic E-state index is 4.80. The van der Waals surface area contributed by atoms with Gasteiger partial charge in [0.15, 0.2) is 0 Å². The van der Waals surface area contributed by atoms with Gasteiger partial charge in [-0.1, -0.05) is 48.5 Å². The predicted molar refractivity (Wildman–Crippen MR) is 94.6 cm³/mol. The minimum Gasteiger partial charge on any atom is -0.342 e. The van der Waals surface area contributed by atoms with Crippen LogP contribution in [-0.4, -0.2) is 14.0 Å². The lowest BCUT2D eigenvalue weighted by Crippen LogP contribution is -1.89. The monoisotopic (exact) mass is 297 g/mol. The molecule has 0 amide bonds. The van der Waals surface area contributed by atoms with Crippen LogP contribution >= 0.6 is 0 Å². The van der Waals surface area contributed by atoms with Gasteiger partial charge in [-0.3, -0.25) is 0 Å². The molecule has 2 aromatic carbocycles. The van der Waals surface area contributed by atoms with E-state index in [9.17, 15) is 0 Å². The van der Waals surface area contributed by atoms with E-state index in [0.717, 1.165) is 16.9 Å². The van der Waals surface area contributed by atoms with Gasteiger partial charge < -0.3 is 8.97 Å². The van der Waals surface area contributed by atoms with E-state index in [1.54, 1.807) is 0 Å². The molecule has 0 spiro atoms. The van der Waals surface area contributed by atoms with Gasteiger partial charge in [0.05, 0.1) is 11.2 Å². The van der Waals surface area contributed by atoms with Crippen molar-refractivity contribution in [3.8, 4) is 11.3 Å². The quantitative estimate of drug-likeness (QED) is 0.441. The van der Waals surface area contributed by atoms with Gasteiger partial charge in [0.25, 0.3) is 0 Å². The van der Waals surface area contributed by atoms with Gasteiger partial charge in [0.2, 0.25) is 0 Å². The van der Waals surface area contributed by atoms with Crippen molar-refractivity contribution in [2.45, 2.75) is 0 Å². The molecule has 110 valence electrons. The summed E-state index contributed by atoms with van der Waals surface area (Å²) in [6.45, 7) is 0. The summed E-state index contributed by atoms with van der Waals surface area (Å²) in [6.07, 6.45) is 4.27. The molecule has 0 fully saturated rings. The van der Waals surface area contributed by atoms with E-state index in [-0.39, 0.29) is 0 Å². The van der Waals surface area contributed by atoms with Crippen LogP contribution in [0.15, 0.2) is 73.1 Å². The Bertz CT molecular complexity index is 1160. The Morgan fingerprint density at radius 1 is 0.783 bits per heavy atom. The Labute approximate surface area is 133 Å². The molecule has 23 heavy (non-hydrogen) atoms. The number of hydrogen-bond acceptors (Lipinski definition) is 1. The lowest BCUT2D eigenvalue weighted by molar-refractivity contribution is 1.00. The third kappa shape index (κ3) is 1.73. The van der Waals surface area contributed by atoms with Crippen molar-refractivity contribution in [1.82, 2.24) is 14.0 Å². The molecule has 0 bridgehead atoms. The standard InChI is InChI=1S/C20H15N3/c1-22-18-10-6-5-9-15(18)16-11-20-21-17(12-23(20)13-19(16)22)14-7-3-2-4-8-14/h2-13H,1H3. The minimum atomic E-state index is 0.979. The number of aryl methyl sites for hydroxylation is 1. The van der Waals surface area contributed by atoms with E-state index < -0.39 is 0 Å². The van der Waals surface area contributed by atoms with Crippen molar-refractivity contribution in [3.63, 3.8) is 0 Å². The van der Waals surface area contributed by atoms with Crippen LogP contribution in [-0.2, 0) is 7.05 Å². The molecule has 0 aliphatic rings. The summed E-state index contributed by atoms with van der Waals surface area (Å²) in [5.74, 6) is 0. The van der Waals surface area contributed by atoms with E-state index in [4.69, 9.17) is 4.98 Å². The number of hydrogen-bond donors (Lipinski definition) is 0. The number of pyridine rings is 1. The molecular weight excluding hydrogens is 282 g/mol. The molecule has 0 unspecified atom stereocenters. The average Bonchev–Trinajstić information content (AvgIpc) is 3.14. The number of rotatable bonds is 1. The zero-order chi connectivity index (χ0) is 15.4. The van der Waals surface area contributed by atoms with Gasteiger partial charge in [0.1, 0.15) is 5.65 Å². The highest BCUT2D eigenvalue weighted by Gasteiger charge is 2.11. The van der Waals surface area contributed by atoms with Crippen LogP contribution in [0.1, 0.15) is 0 Å². The summed E-state index contributed by atoms with van der Waals surface area (Å²) < 4.78 is 4.36. The minimum absolute atomic E-state index is 0.979. The summed E-state index contributed by atoms with van der Waals surface area (Å²) in [4.78, 5) is 4.80. The van der Waals surface area contributed by atoms with E-state index in [1.165, 1.54) is 21.8 Å². The van der Waals surface area contributed by atoms with Crippen LogP contribution in [0.3, 0.4) is 0 Å². The van der Waals surface area contributed by atoms with Crippen molar-refractivity contribution in [1.29, 1.82) is 0 Å². The second-order valence-electron chi connectivity index (χ2n) is 5.91. The first-order valence-corrected chi connectivity index (χ1v) is 7.72. The van der Waals surface area contributed by atoms with Gasteiger partial charge in [-0.25, -0.2) is 4.98 Å². The highest BCUT2D eigenvalue weighted by atomic mass is 15.0. The Morgan fingerprint density at radius 2 is 1.57 bits per heavy atom. The third-order valence-electron chi connectivity index (χ3n) is 4.56. The molecule has 3 aromatic heterocycles. The highest BCUT2D eigenvalue weighted by molar-refractivity contribution is 6.08. The molecular formula is C20H15N3. The van der Waals surface area contributed by atoms with E-state index >= 15 is 0 Å². The smallest absolute Gasteiger partial charge is 0.138 e. The Kier molecular flexibility index (Phi) is 2.42. The topological polar surface area (TPSA) is 22.2 Å². The molecule has 5 aromatic rings. The molecule has 0 N–H and O–H groups in total. The van der Waals surface area contributed by atoms with Gasteiger partial charge in [-0.2, -0.15) is 0 Å². The maximum Gasteiger partial charge on any atom is 0.138 e. The zero-order valence-corrected chi connectivity index (χ0v) is 12.8. The molecule has 3 heterocycles. The summed E-state index contributed by atoms with van der Waals surface area (Å²) in [5, 5.41) is 2.53.